The van der Waals surface area contributed by atoms with E-state index in [-0.39, 0.29) is 17.5 Å². The summed E-state index contributed by atoms with van der Waals surface area (Å²) < 4.78 is 13.4. The summed E-state index contributed by atoms with van der Waals surface area (Å²) in [7, 11) is 0. The first-order valence-electron chi connectivity index (χ1n) is 9.18. The number of amides is 2. The van der Waals surface area contributed by atoms with Crippen molar-refractivity contribution in [1.82, 2.24) is 5.32 Å². The monoisotopic (exact) mass is 406 g/mol. The van der Waals surface area contributed by atoms with E-state index in [4.69, 9.17) is 11.6 Å². The fourth-order valence-electron chi connectivity index (χ4n) is 2.86. The number of nitrogens with one attached hydrogen (secondary N) is 1. The van der Waals surface area contributed by atoms with Crippen LogP contribution in [0.5, 0.6) is 5.75 Å². The molecule has 2 amide bonds. The highest BCUT2D eigenvalue weighted by Gasteiger charge is 2.32. The second-order valence-corrected chi connectivity index (χ2v) is 6.63. The molecule has 2 N–H and O–H groups in total. The standard InChI is InChI=1S/C21H24ClFN2O3/c1-2-3-4-13-24-21(28)20(15-5-11-18(26)12-6-15)25(19(27)14-22)17-9-7-16(23)8-10-17/h5-12,20,26H,2-4,13-14H2,1H3,(H,24,28). The van der Waals surface area contributed by atoms with Crippen LogP contribution in [-0.2, 0) is 9.59 Å². The Hall–Kier alpha value is -2.60. The lowest BCUT2D eigenvalue weighted by Gasteiger charge is -2.31. The molecular weight excluding hydrogens is 383 g/mol. The summed E-state index contributed by atoms with van der Waals surface area (Å²) in [5.74, 6) is -1.61. The highest BCUT2D eigenvalue weighted by molar-refractivity contribution is 6.29. The number of nitrogens with zero attached hydrogens (tertiary/aromatic N) is 1. The molecule has 2 rings (SSSR count). The van der Waals surface area contributed by atoms with Crippen LogP contribution >= 0.6 is 11.6 Å². The van der Waals surface area contributed by atoms with Gasteiger partial charge in [-0.05, 0) is 48.4 Å². The van der Waals surface area contributed by atoms with E-state index >= 15 is 0 Å². The number of phenols is 1. The normalized spacial score (nSPS) is 11.7. The fraction of sp³-hybridized carbons (Fsp3) is 0.333. The van der Waals surface area contributed by atoms with E-state index in [9.17, 15) is 19.1 Å². The number of hydrogen-bond acceptors (Lipinski definition) is 3. The average Bonchev–Trinajstić information content (AvgIpc) is 2.70. The number of alkyl halides is 1. The van der Waals surface area contributed by atoms with Gasteiger partial charge in [0.1, 0.15) is 23.5 Å². The molecule has 28 heavy (non-hydrogen) atoms. The summed E-state index contributed by atoms with van der Waals surface area (Å²) in [6.07, 6.45) is 2.82. The molecule has 7 heteroatoms. The predicted molar refractivity (Wildman–Crippen MR) is 108 cm³/mol. The van der Waals surface area contributed by atoms with E-state index in [2.05, 4.69) is 12.2 Å². The summed E-state index contributed by atoms with van der Waals surface area (Å²) in [6, 6.07) is 10.3. The molecule has 0 aliphatic rings. The largest absolute Gasteiger partial charge is 0.508 e. The van der Waals surface area contributed by atoms with Gasteiger partial charge < -0.3 is 10.4 Å². The van der Waals surface area contributed by atoms with Crippen LogP contribution in [0.4, 0.5) is 10.1 Å². The van der Waals surface area contributed by atoms with Gasteiger partial charge in [-0.15, -0.1) is 11.6 Å². The summed E-state index contributed by atoms with van der Waals surface area (Å²) in [5.41, 5.74) is 0.863. The van der Waals surface area contributed by atoms with Crippen LogP contribution in [0, 0.1) is 5.82 Å². The smallest absolute Gasteiger partial charge is 0.247 e. The van der Waals surface area contributed by atoms with Crippen LogP contribution in [0.25, 0.3) is 0 Å². The molecular formula is C21H24ClFN2O3. The maximum absolute atomic E-state index is 13.4. The Morgan fingerprint density at radius 1 is 1.11 bits per heavy atom. The molecule has 2 aromatic carbocycles. The molecule has 5 nitrogen and oxygen atoms in total. The first-order valence-corrected chi connectivity index (χ1v) is 9.71. The maximum Gasteiger partial charge on any atom is 0.247 e. The van der Waals surface area contributed by atoms with Crippen molar-refractivity contribution in [2.75, 3.05) is 17.3 Å². The number of phenolic OH excluding ortho intramolecular Hbond substituents is 1. The van der Waals surface area contributed by atoms with Crippen molar-refractivity contribution < 1.29 is 19.1 Å². The van der Waals surface area contributed by atoms with E-state index in [1.807, 2.05) is 0 Å². The number of halogens is 2. The van der Waals surface area contributed by atoms with Crippen LogP contribution in [0.3, 0.4) is 0 Å². The molecule has 1 unspecified atom stereocenters. The molecule has 0 aliphatic carbocycles. The number of unbranched alkanes of at least 4 members (excludes halogenated alkanes) is 2. The van der Waals surface area contributed by atoms with Gasteiger partial charge in [0.2, 0.25) is 11.8 Å². The van der Waals surface area contributed by atoms with Gasteiger partial charge in [0.25, 0.3) is 0 Å². The van der Waals surface area contributed by atoms with Crippen LogP contribution in [0.2, 0.25) is 0 Å². The van der Waals surface area contributed by atoms with E-state index in [1.54, 1.807) is 12.1 Å². The lowest BCUT2D eigenvalue weighted by molar-refractivity contribution is -0.125. The Morgan fingerprint density at radius 2 is 1.75 bits per heavy atom. The Balaban J connectivity index is 2.42. The van der Waals surface area contributed by atoms with Crippen molar-refractivity contribution in [2.24, 2.45) is 0 Å². The minimum atomic E-state index is -1.00. The third-order valence-electron chi connectivity index (χ3n) is 4.28. The molecule has 1 atom stereocenters. The highest BCUT2D eigenvalue weighted by atomic mass is 35.5. The molecule has 0 heterocycles. The molecule has 150 valence electrons. The summed E-state index contributed by atoms with van der Waals surface area (Å²) in [5, 5.41) is 12.4. The van der Waals surface area contributed by atoms with Crippen LogP contribution in [0.15, 0.2) is 48.5 Å². The highest BCUT2D eigenvalue weighted by Crippen LogP contribution is 2.29. The van der Waals surface area contributed by atoms with Gasteiger partial charge in [0.05, 0.1) is 0 Å². The van der Waals surface area contributed by atoms with Crippen molar-refractivity contribution in [3.63, 3.8) is 0 Å². The first kappa shape index (κ1) is 21.7. The number of carbonyl (C=O) groups is 2. The van der Waals surface area contributed by atoms with Gasteiger partial charge in [0, 0.05) is 12.2 Å². The summed E-state index contributed by atoms with van der Waals surface area (Å²) in [4.78, 5) is 26.9. The molecule has 0 fully saturated rings. The van der Waals surface area contributed by atoms with Crippen LogP contribution in [-0.4, -0.2) is 29.3 Å². The van der Waals surface area contributed by atoms with Gasteiger partial charge in [-0.2, -0.15) is 0 Å². The number of benzene rings is 2. The SMILES string of the molecule is CCCCCNC(=O)C(c1ccc(O)cc1)N(C(=O)CCl)c1ccc(F)cc1. The Morgan fingerprint density at radius 3 is 2.32 bits per heavy atom. The second-order valence-electron chi connectivity index (χ2n) is 6.37. The van der Waals surface area contributed by atoms with Gasteiger partial charge in [-0.3, -0.25) is 14.5 Å². The first-order chi connectivity index (χ1) is 13.5. The fourth-order valence-corrected chi connectivity index (χ4v) is 2.99. The Labute approximate surface area is 169 Å². The van der Waals surface area contributed by atoms with E-state index in [1.165, 1.54) is 41.3 Å². The number of hydrogen-bond donors (Lipinski definition) is 2. The third-order valence-corrected chi connectivity index (χ3v) is 4.51. The zero-order valence-corrected chi connectivity index (χ0v) is 16.5. The van der Waals surface area contributed by atoms with E-state index in [0.717, 1.165) is 19.3 Å². The lowest BCUT2D eigenvalue weighted by atomic mass is 10.0. The molecule has 0 spiro atoms. The van der Waals surface area contributed by atoms with Crippen molar-refractivity contribution >= 4 is 29.1 Å². The van der Waals surface area contributed by atoms with Crippen molar-refractivity contribution in [3.8, 4) is 5.75 Å². The molecule has 0 saturated heterocycles. The Kier molecular flexibility index (Phi) is 8.26. The molecule has 0 bridgehead atoms. The van der Waals surface area contributed by atoms with Crippen LogP contribution < -0.4 is 10.2 Å². The lowest BCUT2D eigenvalue weighted by Crippen LogP contribution is -2.44. The predicted octanol–water partition coefficient (Wildman–Crippen LogP) is 4.15. The minimum Gasteiger partial charge on any atom is -0.508 e. The maximum atomic E-state index is 13.4. The van der Waals surface area contributed by atoms with E-state index < -0.39 is 17.8 Å². The minimum absolute atomic E-state index is 0.0443. The van der Waals surface area contributed by atoms with Crippen molar-refractivity contribution in [1.29, 1.82) is 0 Å². The van der Waals surface area contributed by atoms with Gasteiger partial charge >= 0.3 is 0 Å². The van der Waals surface area contributed by atoms with Gasteiger partial charge in [-0.1, -0.05) is 31.9 Å². The molecule has 0 saturated carbocycles. The van der Waals surface area contributed by atoms with Gasteiger partial charge in [0.15, 0.2) is 0 Å². The van der Waals surface area contributed by atoms with Crippen molar-refractivity contribution in [2.45, 2.75) is 32.2 Å². The number of carbonyl (C=O) groups excluding carboxylic acids is 2. The molecule has 0 radical (unpaired) electrons. The summed E-state index contributed by atoms with van der Waals surface area (Å²) in [6.45, 7) is 2.55. The number of aromatic hydroxyl groups is 1. The zero-order valence-electron chi connectivity index (χ0n) is 15.7. The molecule has 0 aliphatic heterocycles. The third kappa shape index (κ3) is 5.70. The number of rotatable bonds is 9. The van der Waals surface area contributed by atoms with E-state index in [0.29, 0.717) is 17.8 Å². The van der Waals surface area contributed by atoms with Gasteiger partial charge in [-0.25, -0.2) is 4.39 Å². The second kappa shape index (κ2) is 10.7. The molecule has 0 aromatic heterocycles. The van der Waals surface area contributed by atoms with Crippen molar-refractivity contribution in [3.05, 3.63) is 59.9 Å². The van der Waals surface area contributed by atoms with Crippen LogP contribution in [0.1, 0.15) is 37.8 Å². The molecule has 2 aromatic rings. The topological polar surface area (TPSA) is 69.6 Å². The Bertz CT molecular complexity index is 781. The average molecular weight is 407 g/mol. The number of anilines is 1. The summed E-state index contributed by atoms with van der Waals surface area (Å²) >= 11 is 5.80. The zero-order chi connectivity index (χ0) is 20.5. The quantitative estimate of drug-likeness (QED) is 0.485.